The van der Waals surface area contributed by atoms with Crippen molar-refractivity contribution in [1.82, 2.24) is 4.90 Å². The van der Waals surface area contributed by atoms with E-state index < -0.39 is 0 Å². The molecule has 0 saturated carbocycles. The van der Waals surface area contributed by atoms with Gasteiger partial charge in [-0.2, -0.15) is 0 Å². The summed E-state index contributed by atoms with van der Waals surface area (Å²) in [4.78, 5) is 14.5. The van der Waals surface area contributed by atoms with Crippen LogP contribution in [0.15, 0.2) is 72.8 Å². The summed E-state index contributed by atoms with van der Waals surface area (Å²) in [5, 5.41) is 0. The van der Waals surface area contributed by atoms with E-state index in [0.29, 0.717) is 18.7 Å². The topological polar surface area (TPSA) is 38.8 Å². The number of carbonyl (C=O) groups excluding carboxylic acids is 1. The maximum Gasteiger partial charge on any atom is 0.253 e. The lowest BCUT2D eigenvalue weighted by Crippen LogP contribution is -2.26. The average molecular weight is 404 g/mol. The molecular weight excluding hydrogens is 374 g/mol. The van der Waals surface area contributed by atoms with Gasteiger partial charge in [0.15, 0.2) is 0 Å². The van der Waals surface area contributed by atoms with E-state index in [1.807, 2.05) is 37.4 Å². The smallest absolute Gasteiger partial charge is 0.253 e. The number of para-hydroxylation sites is 1. The molecule has 0 spiro atoms. The maximum absolute atomic E-state index is 12.8. The van der Waals surface area contributed by atoms with Crippen LogP contribution in [-0.2, 0) is 6.54 Å². The zero-order valence-electron chi connectivity index (χ0n) is 17.9. The van der Waals surface area contributed by atoms with Gasteiger partial charge in [-0.3, -0.25) is 4.79 Å². The number of ether oxygens (including phenoxy) is 2. The van der Waals surface area contributed by atoms with Crippen LogP contribution in [0.1, 0.15) is 35.7 Å². The number of carbonyl (C=O) groups is 1. The van der Waals surface area contributed by atoms with Crippen LogP contribution in [0.3, 0.4) is 0 Å². The highest BCUT2D eigenvalue weighted by Gasteiger charge is 2.13. The van der Waals surface area contributed by atoms with Crippen molar-refractivity contribution in [2.24, 2.45) is 0 Å². The second kappa shape index (κ2) is 10.5. The molecule has 4 nitrogen and oxygen atoms in total. The molecule has 30 heavy (non-hydrogen) atoms. The first kappa shape index (κ1) is 21.4. The normalized spacial score (nSPS) is 10.5. The molecule has 3 rings (SSSR count). The first-order chi connectivity index (χ1) is 14.6. The van der Waals surface area contributed by atoms with E-state index in [1.165, 1.54) is 0 Å². The number of unbranched alkanes of at least 4 members (excludes halogenated alkanes) is 1. The van der Waals surface area contributed by atoms with Crippen molar-refractivity contribution < 1.29 is 14.3 Å². The molecule has 0 fully saturated rings. The molecule has 0 N–H and O–H groups in total. The second-order valence-electron chi connectivity index (χ2n) is 7.29. The Bertz CT molecular complexity index is 966. The fourth-order valence-corrected chi connectivity index (χ4v) is 3.29. The molecular formula is C26H29NO3. The minimum Gasteiger partial charge on any atom is -0.497 e. The van der Waals surface area contributed by atoms with Gasteiger partial charge in [0, 0.05) is 24.7 Å². The number of rotatable bonds is 9. The van der Waals surface area contributed by atoms with Crippen LogP contribution in [0.2, 0.25) is 0 Å². The predicted octanol–water partition coefficient (Wildman–Crippen LogP) is 5.81. The van der Waals surface area contributed by atoms with Crippen LogP contribution in [0, 0.1) is 0 Å². The first-order valence-corrected chi connectivity index (χ1v) is 10.3. The quantitative estimate of drug-likeness (QED) is 0.423. The molecule has 156 valence electrons. The molecule has 0 aliphatic rings. The van der Waals surface area contributed by atoms with Gasteiger partial charge >= 0.3 is 0 Å². The number of methoxy groups -OCH3 is 1. The van der Waals surface area contributed by atoms with Crippen molar-refractivity contribution in [3.8, 4) is 22.6 Å². The zero-order valence-corrected chi connectivity index (χ0v) is 17.9. The molecule has 3 aromatic carbocycles. The molecule has 0 atom stereocenters. The molecule has 0 bridgehead atoms. The van der Waals surface area contributed by atoms with Crippen molar-refractivity contribution in [3.63, 3.8) is 0 Å². The molecule has 0 heterocycles. The fourth-order valence-electron chi connectivity index (χ4n) is 3.29. The van der Waals surface area contributed by atoms with E-state index in [-0.39, 0.29) is 5.91 Å². The fraction of sp³-hybridized carbons (Fsp3) is 0.269. The van der Waals surface area contributed by atoms with E-state index in [0.717, 1.165) is 41.0 Å². The average Bonchev–Trinajstić information content (AvgIpc) is 2.79. The Labute approximate surface area is 179 Å². The summed E-state index contributed by atoms with van der Waals surface area (Å²) in [5.41, 5.74) is 3.87. The SMILES string of the molecule is CCCCOc1ccccc1-c1cccc(CN(C)C(=O)c2ccc(OC)cc2)c1. The van der Waals surface area contributed by atoms with E-state index in [9.17, 15) is 4.79 Å². The molecule has 0 radical (unpaired) electrons. The number of nitrogens with zero attached hydrogens (tertiary/aromatic N) is 1. The number of hydrogen-bond acceptors (Lipinski definition) is 3. The highest BCUT2D eigenvalue weighted by atomic mass is 16.5. The van der Waals surface area contributed by atoms with Crippen molar-refractivity contribution in [3.05, 3.63) is 83.9 Å². The lowest BCUT2D eigenvalue weighted by molar-refractivity contribution is 0.0785. The third-order valence-corrected chi connectivity index (χ3v) is 4.98. The van der Waals surface area contributed by atoms with Crippen LogP contribution in [0.4, 0.5) is 0 Å². The van der Waals surface area contributed by atoms with Gasteiger partial charge in [-0.1, -0.05) is 49.7 Å². The number of hydrogen-bond donors (Lipinski definition) is 0. The first-order valence-electron chi connectivity index (χ1n) is 10.3. The Hall–Kier alpha value is -3.27. The lowest BCUT2D eigenvalue weighted by Gasteiger charge is -2.18. The largest absolute Gasteiger partial charge is 0.497 e. The van der Waals surface area contributed by atoms with Crippen LogP contribution in [0.25, 0.3) is 11.1 Å². The zero-order chi connectivity index (χ0) is 21.3. The van der Waals surface area contributed by atoms with Gasteiger partial charge in [0.2, 0.25) is 0 Å². The number of amides is 1. The Morgan fingerprint density at radius 1 is 0.967 bits per heavy atom. The van der Waals surface area contributed by atoms with Crippen molar-refractivity contribution in [2.75, 3.05) is 20.8 Å². The highest BCUT2D eigenvalue weighted by molar-refractivity contribution is 5.94. The van der Waals surface area contributed by atoms with Crippen LogP contribution in [0.5, 0.6) is 11.5 Å². The molecule has 0 aliphatic carbocycles. The molecule has 0 aliphatic heterocycles. The Kier molecular flexibility index (Phi) is 7.50. The molecule has 3 aromatic rings. The van der Waals surface area contributed by atoms with Gasteiger partial charge in [-0.15, -0.1) is 0 Å². The summed E-state index contributed by atoms with van der Waals surface area (Å²) < 4.78 is 11.2. The number of benzene rings is 3. The van der Waals surface area contributed by atoms with Gasteiger partial charge < -0.3 is 14.4 Å². The standard InChI is InChI=1S/C26H29NO3/c1-4-5-17-30-25-12-7-6-11-24(25)22-10-8-9-20(18-22)19-27(2)26(28)21-13-15-23(29-3)16-14-21/h6-16,18H,4-5,17,19H2,1-3H3. The highest BCUT2D eigenvalue weighted by Crippen LogP contribution is 2.30. The van der Waals surface area contributed by atoms with E-state index in [4.69, 9.17) is 9.47 Å². The summed E-state index contributed by atoms with van der Waals surface area (Å²) in [5.74, 6) is 1.61. The van der Waals surface area contributed by atoms with Gasteiger partial charge in [0.1, 0.15) is 11.5 Å². The summed E-state index contributed by atoms with van der Waals surface area (Å²) in [6.07, 6.45) is 2.14. The van der Waals surface area contributed by atoms with Crippen molar-refractivity contribution in [1.29, 1.82) is 0 Å². The third-order valence-electron chi connectivity index (χ3n) is 4.98. The van der Waals surface area contributed by atoms with Gasteiger partial charge in [0.25, 0.3) is 5.91 Å². The summed E-state index contributed by atoms with van der Waals surface area (Å²) in [6, 6.07) is 23.6. The Balaban J connectivity index is 1.75. The molecule has 4 heteroatoms. The van der Waals surface area contributed by atoms with Gasteiger partial charge in [-0.05, 0) is 53.9 Å². The van der Waals surface area contributed by atoms with Crippen LogP contribution >= 0.6 is 0 Å². The van der Waals surface area contributed by atoms with Gasteiger partial charge in [0.05, 0.1) is 13.7 Å². The minimum atomic E-state index is -0.0219. The summed E-state index contributed by atoms with van der Waals surface area (Å²) in [7, 11) is 3.43. The lowest BCUT2D eigenvalue weighted by atomic mass is 10.0. The van der Waals surface area contributed by atoms with E-state index in [1.54, 1.807) is 36.3 Å². The minimum absolute atomic E-state index is 0.0219. The predicted molar refractivity (Wildman–Crippen MR) is 121 cm³/mol. The molecule has 0 saturated heterocycles. The van der Waals surface area contributed by atoms with Crippen LogP contribution in [-0.4, -0.2) is 31.6 Å². The maximum atomic E-state index is 12.8. The Morgan fingerprint density at radius 2 is 1.73 bits per heavy atom. The second-order valence-corrected chi connectivity index (χ2v) is 7.29. The van der Waals surface area contributed by atoms with Gasteiger partial charge in [-0.25, -0.2) is 0 Å². The molecule has 0 unspecified atom stereocenters. The van der Waals surface area contributed by atoms with Crippen molar-refractivity contribution in [2.45, 2.75) is 26.3 Å². The van der Waals surface area contributed by atoms with E-state index in [2.05, 4.69) is 25.1 Å². The Morgan fingerprint density at radius 3 is 2.47 bits per heavy atom. The molecule has 1 amide bonds. The summed E-state index contributed by atoms with van der Waals surface area (Å²) in [6.45, 7) is 3.40. The van der Waals surface area contributed by atoms with E-state index >= 15 is 0 Å². The third kappa shape index (κ3) is 5.41. The van der Waals surface area contributed by atoms with Crippen molar-refractivity contribution >= 4 is 5.91 Å². The monoisotopic (exact) mass is 403 g/mol. The summed E-state index contributed by atoms with van der Waals surface area (Å²) >= 11 is 0. The van der Waals surface area contributed by atoms with Crippen LogP contribution < -0.4 is 9.47 Å². The molecule has 0 aromatic heterocycles.